The lowest BCUT2D eigenvalue weighted by Gasteiger charge is -2.33. The maximum Gasteiger partial charge on any atom is 0.250 e. The lowest BCUT2D eigenvalue weighted by atomic mass is 10.2. The molecule has 1 saturated heterocycles. The number of rotatable bonds is 4. The molecule has 0 saturated carbocycles. The largest absolute Gasteiger partial charge is 0.368 e. The normalized spacial score (nSPS) is 17.1. The maximum absolute atomic E-state index is 12.2. The van der Waals surface area contributed by atoms with Gasteiger partial charge in [-0.15, -0.1) is 0 Å². The fourth-order valence-corrected chi connectivity index (χ4v) is 3.77. The van der Waals surface area contributed by atoms with Crippen LogP contribution in [0, 0.1) is 13.8 Å². The molecule has 4 rings (SSSR count). The fraction of sp³-hybridized carbons (Fsp3) is 0.429. The predicted octanol–water partition coefficient (Wildman–Crippen LogP) is 1.87. The van der Waals surface area contributed by atoms with Crippen molar-refractivity contribution >= 4 is 11.6 Å². The van der Waals surface area contributed by atoms with E-state index in [1.165, 1.54) is 0 Å². The van der Waals surface area contributed by atoms with Crippen LogP contribution in [0.2, 0.25) is 0 Å². The molecule has 0 radical (unpaired) electrons. The quantitative estimate of drug-likeness (QED) is 0.674. The number of amides is 1. The summed E-state index contributed by atoms with van der Waals surface area (Å²) in [7, 11) is 0. The summed E-state index contributed by atoms with van der Waals surface area (Å²) in [5.41, 5.74) is 4.23. The van der Waals surface area contributed by atoms with E-state index in [-0.39, 0.29) is 17.6 Å². The average molecular weight is 395 g/mol. The van der Waals surface area contributed by atoms with Crippen LogP contribution in [-0.4, -0.2) is 49.7 Å². The second-order valence-corrected chi connectivity index (χ2v) is 7.39. The van der Waals surface area contributed by atoms with Crippen molar-refractivity contribution < 1.29 is 9.53 Å². The molecule has 1 aliphatic heterocycles. The van der Waals surface area contributed by atoms with E-state index in [4.69, 9.17) is 4.74 Å². The third kappa shape index (κ3) is 3.67. The van der Waals surface area contributed by atoms with Crippen molar-refractivity contribution in [2.45, 2.75) is 39.8 Å². The van der Waals surface area contributed by atoms with E-state index < -0.39 is 0 Å². The van der Waals surface area contributed by atoms with Gasteiger partial charge in [-0.2, -0.15) is 5.10 Å². The van der Waals surface area contributed by atoms with Crippen LogP contribution in [0.15, 0.2) is 35.4 Å². The number of morpholine rings is 1. The van der Waals surface area contributed by atoms with Gasteiger partial charge < -0.3 is 14.2 Å². The van der Waals surface area contributed by atoms with Gasteiger partial charge in [0.15, 0.2) is 5.65 Å². The standard InChI is InChI=1S/C21H25N5O3/c1-4-19(27)24-9-10-29-18(13-24)17-7-8-22-21-16(15(3)23-26(17)21)12-25-11-14(2)5-6-20(25)28/h5-8,11,18H,4,9-10,12-13H2,1-3H3. The number of fused-ring (bicyclic) bond motifs is 1. The summed E-state index contributed by atoms with van der Waals surface area (Å²) in [5, 5.41) is 4.68. The number of hydrogen-bond donors (Lipinski definition) is 0. The Bertz CT molecular complexity index is 1120. The molecule has 152 valence electrons. The summed E-state index contributed by atoms with van der Waals surface area (Å²) in [6.07, 6.45) is 3.79. The molecule has 0 aliphatic carbocycles. The van der Waals surface area contributed by atoms with Gasteiger partial charge in [0.25, 0.3) is 5.56 Å². The highest BCUT2D eigenvalue weighted by molar-refractivity contribution is 5.75. The van der Waals surface area contributed by atoms with E-state index in [1.54, 1.807) is 21.3 Å². The highest BCUT2D eigenvalue weighted by atomic mass is 16.5. The summed E-state index contributed by atoms with van der Waals surface area (Å²) in [6, 6.07) is 5.26. The van der Waals surface area contributed by atoms with Crippen molar-refractivity contribution in [3.63, 3.8) is 0 Å². The van der Waals surface area contributed by atoms with E-state index in [2.05, 4.69) is 10.1 Å². The minimum Gasteiger partial charge on any atom is -0.368 e. The van der Waals surface area contributed by atoms with Crippen LogP contribution >= 0.6 is 0 Å². The summed E-state index contributed by atoms with van der Waals surface area (Å²) in [6.45, 7) is 7.74. The molecule has 8 heteroatoms. The number of aryl methyl sites for hydroxylation is 2. The third-order valence-electron chi connectivity index (χ3n) is 5.36. The highest BCUT2D eigenvalue weighted by Crippen LogP contribution is 2.25. The number of hydrogen-bond acceptors (Lipinski definition) is 5. The Hall–Kier alpha value is -3.00. The molecule has 0 spiro atoms. The summed E-state index contributed by atoms with van der Waals surface area (Å²) in [5.74, 6) is 0.125. The van der Waals surface area contributed by atoms with Crippen LogP contribution in [0.5, 0.6) is 0 Å². The molecule has 1 amide bonds. The Morgan fingerprint density at radius 2 is 2.10 bits per heavy atom. The number of nitrogens with zero attached hydrogens (tertiary/aromatic N) is 5. The van der Waals surface area contributed by atoms with Gasteiger partial charge in [0, 0.05) is 37.0 Å². The second kappa shape index (κ2) is 7.79. The van der Waals surface area contributed by atoms with E-state index in [1.807, 2.05) is 44.0 Å². The minimum absolute atomic E-state index is 0.0603. The van der Waals surface area contributed by atoms with Gasteiger partial charge in [-0.25, -0.2) is 9.50 Å². The number of carbonyl (C=O) groups is 1. The summed E-state index contributed by atoms with van der Waals surface area (Å²) in [4.78, 5) is 30.7. The van der Waals surface area contributed by atoms with Gasteiger partial charge in [-0.3, -0.25) is 9.59 Å². The van der Waals surface area contributed by atoms with Gasteiger partial charge >= 0.3 is 0 Å². The zero-order valence-corrected chi connectivity index (χ0v) is 17.0. The van der Waals surface area contributed by atoms with E-state index in [0.717, 1.165) is 22.5 Å². The molecular weight excluding hydrogens is 370 g/mol. The minimum atomic E-state index is -0.265. The molecule has 0 aromatic carbocycles. The van der Waals surface area contributed by atoms with Crippen molar-refractivity contribution in [2.24, 2.45) is 0 Å². The monoisotopic (exact) mass is 395 g/mol. The lowest BCUT2D eigenvalue weighted by molar-refractivity contribution is -0.138. The first-order valence-corrected chi connectivity index (χ1v) is 9.87. The van der Waals surface area contributed by atoms with Gasteiger partial charge in [0.05, 0.1) is 31.1 Å². The predicted molar refractivity (Wildman–Crippen MR) is 108 cm³/mol. The molecule has 1 aliphatic rings. The zero-order valence-electron chi connectivity index (χ0n) is 17.0. The second-order valence-electron chi connectivity index (χ2n) is 7.39. The van der Waals surface area contributed by atoms with Crippen molar-refractivity contribution in [3.05, 3.63) is 63.5 Å². The van der Waals surface area contributed by atoms with Gasteiger partial charge in [0.2, 0.25) is 5.91 Å². The van der Waals surface area contributed by atoms with Gasteiger partial charge in [-0.1, -0.05) is 13.0 Å². The van der Waals surface area contributed by atoms with Crippen LogP contribution in [0.25, 0.3) is 5.65 Å². The molecule has 29 heavy (non-hydrogen) atoms. The molecular formula is C21H25N5O3. The van der Waals surface area contributed by atoms with Crippen molar-refractivity contribution in [1.29, 1.82) is 0 Å². The number of ether oxygens (including phenoxy) is 1. The van der Waals surface area contributed by atoms with Crippen LogP contribution in [0.3, 0.4) is 0 Å². The van der Waals surface area contributed by atoms with E-state index in [9.17, 15) is 9.59 Å². The van der Waals surface area contributed by atoms with E-state index in [0.29, 0.717) is 38.3 Å². The number of aromatic nitrogens is 4. The first kappa shape index (κ1) is 19.3. The van der Waals surface area contributed by atoms with Gasteiger partial charge in [0.1, 0.15) is 6.10 Å². The average Bonchev–Trinajstić information content (AvgIpc) is 3.05. The van der Waals surface area contributed by atoms with Gasteiger partial charge in [-0.05, 0) is 25.5 Å². The lowest BCUT2D eigenvalue weighted by Crippen LogP contribution is -2.42. The zero-order chi connectivity index (χ0) is 20.5. The Morgan fingerprint density at radius 1 is 1.28 bits per heavy atom. The number of carbonyl (C=O) groups excluding carboxylic acids is 1. The first-order valence-electron chi connectivity index (χ1n) is 9.87. The number of pyridine rings is 1. The molecule has 1 atom stereocenters. The van der Waals surface area contributed by atoms with Crippen LogP contribution in [0.4, 0.5) is 0 Å². The van der Waals surface area contributed by atoms with E-state index >= 15 is 0 Å². The van der Waals surface area contributed by atoms with Crippen molar-refractivity contribution in [3.8, 4) is 0 Å². The SMILES string of the molecule is CCC(=O)N1CCOC(c2ccnc3c(Cn4cc(C)ccc4=O)c(C)nn23)C1. The Balaban J connectivity index is 1.71. The highest BCUT2D eigenvalue weighted by Gasteiger charge is 2.27. The first-order chi connectivity index (χ1) is 14.0. The molecule has 0 N–H and O–H groups in total. The molecule has 3 aromatic rings. The fourth-order valence-electron chi connectivity index (χ4n) is 3.77. The van der Waals surface area contributed by atoms with Crippen molar-refractivity contribution in [1.82, 2.24) is 24.1 Å². The maximum atomic E-state index is 12.2. The summed E-state index contributed by atoms with van der Waals surface area (Å²) < 4.78 is 9.42. The van der Waals surface area contributed by atoms with Crippen LogP contribution in [-0.2, 0) is 16.1 Å². The smallest absolute Gasteiger partial charge is 0.250 e. The molecule has 3 aromatic heterocycles. The summed E-state index contributed by atoms with van der Waals surface area (Å²) >= 11 is 0. The molecule has 0 bridgehead atoms. The third-order valence-corrected chi connectivity index (χ3v) is 5.36. The Morgan fingerprint density at radius 3 is 2.90 bits per heavy atom. The molecule has 8 nitrogen and oxygen atoms in total. The Labute approximate surface area is 168 Å². The van der Waals surface area contributed by atoms with Crippen LogP contribution in [0.1, 0.15) is 42.0 Å². The molecule has 1 unspecified atom stereocenters. The molecule has 4 heterocycles. The Kier molecular flexibility index (Phi) is 5.19. The topological polar surface area (TPSA) is 81.7 Å². The van der Waals surface area contributed by atoms with Crippen LogP contribution < -0.4 is 5.56 Å². The molecule has 1 fully saturated rings. The van der Waals surface area contributed by atoms with Crippen molar-refractivity contribution in [2.75, 3.05) is 19.7 Å².